The van der Waals surface area contributed by atoms with Gasteiger partial charge < -0.3 is 10.6 Å². The molecule has 1 fully saturated rings. The number of nitrogens with zero attached hydrogens (tertiary/aromatic N) is 3. The minimum absolute atomic E-state index is 0.303. The quantitative estimate of drug-likeness (QED) is 0.900. The molecule has 1 aromatic heterocycles. The smallest absolute Gasteiger partial charge is 0.175 e. The predicted molar refractivity (Wildman–Crippen MR) is 66.0 cm³/mol. The van der Waals surface area contributed by atoms with E-state index in [0.717, 1.165) is 5.69 Å². The Morgan fingerprint density at radius 2 is 2.19 bits per heavy atom. The summed E-state index contributed by atoms with van der Waals surface area (Å²) in [7, 11) is 1.97. The van der Waals surface area contributed by atoms with E-state index in [1.54, 1.807) is 6.07 Å². The van der Waals surface area contributed by atoms with Crippen molar-refractivity contribution < 1.29 is 0 Å². The van der Waals surface area contributed by atoms with Crippen LogP contribution in [0.25, 0.3) is 0 Å². The maximum Gasteiger partial charge on any atom is 0.175 e. The Morgan fingerprint density at radius 1 is 1.50 bits per heavy atom. The van der Waals surface area contributed by atoms with Crippen molar-refractivity contribution in [1.29, 1.82) is 0 Å². The third kappa shape index (κ3) is 2.39. The number of anilines is 1. The van der Waals surface area contributed by atoms with E-state index >= 15 is 0 Å². The highest BCUT2D eigenvalue weighted by Crippen LogP contribution is 2.37. The lowest BCUT2D eigenvalue weighted by Gasteiger charge is -2.29. The van der Waals surface area contributed by atoms with Gasteiger partial charge in [0, 0.05) is 25.7 Å². The van der Waals surface area contributed by atoms with E-state index in [0.29, 0.717) is 28.8 Å². The maximum atomic E-state index is 6.00. The second-order valence-electron chi connectivity index (χ2n) is 4.09. The number of rotatable bonds is 4. The summed E-state index contributed by atoms with van der Waals surface area (Å²) < 4.78 is 0. The van der Waals surface area contributed by atoms with E-state index < -0.39 is 0 Å². The van der Waals surface area contributed by atoms with Crippen LogP contribution in [-0.4, -0.2) is 29.8 Å². The van der Waals surface area contributed by atoms with E-state index in [2.05, 4.69) is 15.1 Å². The summed E-state index contributed by atoms with van der Waals surface area (Å²) in [6.07, 6.45) is 2.46. The average Bonchev–Trinajstić information content (AvgIpc) is 3.07. The van der Waals surface area contributed by atoms with Gasteiger partial charge in [0.25, 0.3) is 0 Å². The standard InChI is InChI=1S/C10H14Cl2N4/c1-16(8(5-13)6-2-3-6)7-4-9(11)14-15-10(7)12/h4,6,8H,2-3,5,13H2,1H3. The second-order valence-corrected chi connectivity index (χ2v) is 4.84. The Bertz CT molecular complexity index is 381. The molecule has 1 heterocycles. The molecule has 1 aliphatic rings. The number of nitrogens with two attached hydrogens (primary N) is 1. The summed E-state index contributed by atoms with van der Waals surface area (Å²) in [5.41, 5.74) is 6.58. The molecule has 2 rings (SSSR count). The van der Waals surface area contributed by atoms with Gasteiger partial charge in [0.15, 0.2) is 10.3 Å². The second kappa shape index (κ2) is 4.73. The summed E-state index contributed by atoms with van der Waals surface area (Å²) in [4.78, 5) is 2.06. The number of halogens is 2. The van der Waals surface area contributed by atoms with E-state index in [-0.39, 0.29) is 0 Å². The molecule has 6 heteroatoms. The van der Waals surface area contributed by atoms with Crippen LogP contribution >= 0.6 is 23.2 Å². The zero-order valence-corrected chi connectivity index (χ0v) is 10.5. The molecule has 0 bridgehead atoms. The molecule has 1 unspecified atom stereocenters. The lowest BCUT2D eigenvalue weighted by Crippen LogP contribution is -2.40. The Morgan fingerprint density at radius 3 is 2.75 bits per heavy atom. The molecule has 1 saturated carbocycles. The Labute approximate surface area is 105 Å². The van der Waals surface area contributed by atoms with Crippen LogP contribution in [0.5, 0.6) is 0 Å². The van der Waals surface area contributed by atoms with Crippen LogP contribution < -0.4 is 10.6 Å². The highest BCUT2D eigenvalue weighted by Gasteiger charge is 2.33. The van der Waals surface area contributed by atoms with Crippen molar-refractivity contribution in [3.05, 3.63) is 16.4 Å². The van der Waals surface area contributed by atoms with Gasteiger partial charge in [-0.15, -0.1) is 10.2 Å². The molecule has 2 N–H and O–H groups in total. The molecule has 0 amide bonds. The Hall–Kier alpha value is -0.580. The Kier molecular flexibility index (Phi) is 3.52. The summed E-state index contributed by atoms with van der Waals surface area (Å²) in [5, 5.41) is 8.20. The lowest BCUT2D eigenvalue weighted by atomic mass is 10.1. The first-order valence-corrected chi connectivity index (χ1v) is 6.00. The topological polar surface area (TPSA) is 55.0 Å². The van der Waals surface area contributed by atoms with Gasteiger partial charge >= 0.3 is 0 Å². The van der Waals surface area contributed by atoms with Crippen molar-refractivity contribution in [2.24, 2.45) is 11.7 Å². The highest BCUT2D eigenvalue weighted by molar-refractivity contribution is 6.33. The highest BCUT2D eigenvalue weighted by atomic mass is 35.5. The van der Waals surface area contributed by atoms with Gasteiger partial charge in [0.05, 0.1) is 5.69 Å². The molecule has 0 spiro atoms. The van der Waals surface area contributed by atoms with Gasteiger partial charge in [-0.05, 0) is 18.8 Å². The molecule has 88 valence electrons. The van der Waals surface area contributed by atoms with Crippen LogP contribution in [0.15, 0.2) is 6.07 Å². The molecule has 4 nitrogen and oxygen atoms in total. The predicted octanol–water partition coefficient (Wildman–Crippen LogP) is 1.96. The van der Waals surface area contributed by atoms with Crippen LogP contribution in [0, 0.1) is 5.92 Å². The summed E-state index contributed by atoms with van der Waals surface area (Å²) in [5.74, 6) is 0.665. The van der Waals surface area contributed by atoms with Crippen LogP contribution in [-0.2, 0) is 0 Å². The Balaban J connectivity index is 2.24. The lowest BCUT2D eigenvalue weighted by molar-refractivity contribution is 0.569. The third-order valence-corrected chi connectivity index (χ3v) is 3.44. The number of hydrogen-bond donors (Lipinski definition) is 1. The SMILES string of the molecule is CN(c1cc(Cl)nnc1Cl)C(CN)C1CC1. The fourth-order valence-corrected chi connectivity index (χ4v) is 2.28. The van der Waals surface area contributed by atoms with Crippen molar-refractivity contribution in [2.45, 2.75) is 18.9 Å². The van der Waals surface area contributed by atoms with Crippen LogP contribution in [0.3, 0.4) is 0 Å². The molecule has 0 aromatic carbocycles. The summed E-state index contributed by atoms with van der Waals surface area (Å²) >= 11 is 11.8. The average molecular weight is 261 g/mol. The van der Waals surface area contributed by atoms with E-state index in [4.69, 9.17) is 28.9 Å². The fraction of sp³-hybridized carbons (Fsp3) is 0.600. The van der Waals surface area contributed by atoms with E-state index in [1.807, 2.05) is 7.05 Å². The zero-order valence-electron chi connectivity index (χ0n) is 9.03. The maximum absolute atomic E-state index is 6.00. The molecular weight excluding hydrogens is 247 g/mol. The van der Waals surface area contributed by atoms with Gasteiger partial charge in [0.1, 0.15) is 0 Å². The molecule has 1 aliphatic carbocycles. The van der Waals surface area contributed by atoms with E-state index in [9.17, 15) is 0 Å². The number of aromatic nitrogens is 2. The first-order chi connectivity index (χ1) is 7.63. The third-order valence-electron chi connectivity index (χ3n) is 2.99. The largest absolute Gasteiger partial charge is 0.367 e. The molecule has 0 saturated heterocycles. The first kappa shape index (κ1) is 11.9. The monoisotopic (exact) mass is 260 g/mol. The first-order valence-electron chi connectivity index (χ1n) is 5.25. The molecule has 0 aliphatic heterocycles. The van der Waals surface area contributed by atoms with Crippen molar-refractivity contribution in [1.82, 2.24) is 10.2 Å². The van der Waals surface area contributed by atoms with Crippen molar-refractivity contribution >= 4 is 28.9 Å². The molecule has 0 radical (unpaired) electrons. The van der Waals surface area contributed by atoms with E-state index in [1.165, 1.54) is 12.8 Å². The van der Waals surface area contributed by atoms with Gasteiger partial charge in [-0.1, -0.05) is 23.2 Å². The van der Waals surface area contributed by atoms with Gasteiger partial charge in [0.2, 0.25) is 0 Å². The van der Waals surface area contributed by atoms with Crippen LogP contribution in [0.2, 0.25) is 10.3 Å². The molecule has 1 aromatic rings. The number of hydrogen-bond acceptors (Lipinski definition) is 4. The number of likely N-dealkylation sites (N-methyl/N-ethyl adjacent to an activating group) is 1. The fourth-order valence-electron chi connectivity index (χ4n) is 1.92. The molecule has 1 atom stereocenters. The zero-order chi connectivity index (χ0) is 11.7. The van der Waals surface area contributed by atoms with Crippen molar-refractivity contribution in [2.75, 3.05) is 18.5 Å². The minimum Gasteiger partial charge on any atom is -0.367 e. The summed E-state index contributed by atoms with van der Waals surface area (Å²) in [6, 6.07) is 2.03. The van der Waals surface area contributed by atoms with Gasteiger partial charge in [-0.25, -0.2) is 0 Å². The van der Waals surface area contributed by atoms with Crippen molar-refractivity contribution in [3.8, 4) is 0 Å². The van der Waals surface area contributed by atoms with Gasteiger partial charge in [-0.3, -0.25) is 0 Å². The minimum atomic E-state index is 0.303. The summed E-state index contributed by atoms with van der Waals surface area (Å²) in [6.45, 7) is 0.609. The molecule has 16 heavy (non-hydrogen) atoms. The van der Waals surface area contributed by atoms with Gasteiger partial charge in [-0.2, -0.15) is 0 Å². The normalized spacial score (nSPS) is 17.2. The van der Waals surface area contributed by atoms with Crippen LogP contribution in [0.4, 0.5) is 5.69 Å². The van der Waals surface area contributed by atoms with Crippen LogP contribution in [0.1, 0.15) is 12.8 Å². The van der Waals surface area contributed by atoms with Crippen molar-refractivity contribution in [3.63, 3.8) is 0 Å². The molecular formula is C10H14Cl2N4.